The Morgan fingerprint density at radius 3 is 2.77 bits per heavy atom. The molecule has 1 heteroatoms. The lowest BCUT2D eigenvalue weighted by molar-refractivity contribution is 0.0966. The van der Waals surface area contributed by atoms with Gasteiger partial charge in [-0.3, -0.25) is 0 Å². The Morgan fingerprint density at radius 1 is 1.23 bits per heavy atom. The summed E-state index contributed by atoms with van der Waals surface area (Å²) in [5.74, 6) is 6.50. The first-order valence-corrected chi connectivity index (χ1v) is 5.42. The van der Waals surface area contributed by atoms with Gasteiger partial charge >= 0.3 is 0 Å². The monoisotopic (exact) mass is 180 g/mol. The van der Waals surface area contributed by atoms with Crippen molar-refractivity contribution in [1.29, 1.82) is 0 Å². The van der Waals surface area contributed by atoms with Crippen molar-refractivity contribution >= 4 is 0 Å². The molecule has 1 fully saturated rings. The van der Waals surface area contributed by atoms with Gasteiger partial charge in [0.05, 0.1) is 6.10 Å². The molecule has 0 bridgehead atoms. The van der Waals surface area contributed by atoms with Crippen molar-refractivity contribution in [2.75, 3.05) is 0 Å². The smallest absolute Gasteiger partial charge is 0.0568 e. The number of aliphatic hydroxyl groups excluding tert-OH is 1. The van der Waals surface area contributed by atoms with Crippen LogP contribution < -0.4 is 0 Å². The van der Waals surface area contributed by atoms with E-state index in [-0.39, 0.29) is 6.10 Å². The molecule has 1 rings (SSSR count). The largest absolute Gasteiger partial charge is 0.393 e. The molecule has 1 aliphatic rings. The molecule has 0 heterocycles. The van der Waals surface area contributed by atoms with Gasteiger partial charge in [-0.05, 0) is 32.1 Å². The molecule has 0 aromatic heterocycles. The van der Waals surface area contributed by atoms with Crippen LogP contribution in [0.3, 0.4) is 0 Å². The molecule has 0 spiro atoms. The summed E-state index contributed by atoms with van der Waals surface area (Å²) in [5.41, 5.74) is 0. The number of aliphatic hydroxyl groups is 1. The maximum absolute atomic E-state index is 9.80. The minimum absolute atomic E-state index is 0.0545. The molecule has 1 nitrogen and oxygen atoms in total. The van der Waals surface area contributed by atoms with Gasteiger partial charge in [-0.2, -0.15) is 0 Å². The summed E-state index contributed by atoms with van der Waals surface area (Å²) >= 11 is 0. The summed E-state index contributed by atoms with van der Waals surface area (Å²) in [6.07, 6.45) is 7.99. The third-order valence-electron chi connectivity index (χ3n) is 2.94. The third kappa shape index (κ3) is 3.83. The molecule has 0 saturated heterocycles. The molecular weight excluding hydrogens is 160 g/mol. The lowest BCUT2D eigenvalue weighted by Gasteiger charge is -2.18. The molecule has 0 aromatic rings. The van der Waals surface area contributed by atoms with Crippen LogP contribution in [0.4, 0.5) is 0 Å². The fraction of sp³-hybridized carbons (Fsp3) is 0.833. The summed E-state index contributed by atoms with van der Waals surface area (Å²) in [6, 6.07) is 0. The molecular formula is C12H20O. The van der Waals surface area contributed by atoms with Crippen LogP contribution in [0, 0.1) is 17.8 Å². The maximum Gasteiger partial charge on any atom is 0.0568 e. The predicted octanol–water partition coefficient (Wildman–Crippen LogP) is 2.73. The lowest BCUT2D eigenvalue weighted by Crippen LogP contribution is -2.18. The van der Waals surface area contributed by atoms with Crippen LogP contribution in [0.15, 0.2) is 0 Å². The molecule has 1 aliphatic carbocycles. The van der Waals surface area contributed by atoms with Crippen molar-refractivity contribution in [1.82, 2.24) is 0 Å². The summed E-state index contributed by atoms with van der Waals surface area (Å²) in [4.78, 5) is 0. The first-order chi connectivity index (χ1) is 6.34. The van der Waals surface area contributed by atoms with E-state index in [2.05, 4.69) is 11.8 Å². The third-order valence-corrected chi connectivity index (χ3v) is 2.94. The highest BCUT2D eigenvalue weighted by molar-refractivity contribution is 4.95. The van der Waals surface area contributed by atoms with Crippen molar-refractivity contribution < 1.29 is 5.11 Å². The van der Waals surface area contributed by atoms with E-state index in [1.807, 2.05) is 6.92 Å². The minimum atomic E-state index is -0.0545. The van der Waals surface area contributed by atoms with Crippen molar-refractivity contribution in [2.24, 2.45) is 5.92 Å². The van der Waals surface area contributed by atoms with Crippen molar-refractivity contribution in [2.45, 2.75) is 58.0 Å². The zero-order valence-corrected chi connectivity index (χ0v) is 8.55. The first kappa shape index (κ1) is 10.6. The highest BCUT2D eigenvalue weighted by Crippen LogP contribution is 2.26. The molecule has 74 valence electrons. The summed E-state index contributed by atoms with van der Waals surface area (Å²) in [7, 11) is 0. The van der Waals surface area contributed by atoms with Crippen LogP contribution in [0.2, 0.25) is 0 Å². The summed E-state index contributed by atoms with van der Waals surface area (Å²) in [6.45, 7) is 1.88. The van der Waals surface area contributed by atoms with Crippen LogP contribution in [0.5, 0.6) is 0 Å². The van der Waals surface area contributed by atoms with Crippen LogP contribution in [0.25, 0.3) is 0 Å². The molecule has 0 unspecified atom stereocenters. The Morgan fingerprint density at radius 2 is 2.00 bits per heavy atom. The minimum Gasteiger partial charge on any atom is -0.393 e. The van der Waals surface area contributed by atoms with Gasteiger partial charge in [-0.25, -0.2) is 0 Å². The standard InChI is InChI=1S/C12H20O/c1-2-3-5-8-11-9-6-4-7-10-12(11)13/h11-13H,4-10H2,1H3/t11-,12-/m1/s1. The van der Waals surface area contributed by atoms with Crippen molar-refractivity contribution in [3.05, 3.63) is 0 Å². The molecule has 0 aromatic carbocycles. The van der Waals surface area contributed by atoms with E-state index in [1.54, 1.807) is 0 Å². The normalized spacial score (nSPS) is 28.8. The zero-order chi connectivity index (χ0) is 9.52. The van der Waals surface area contributed by atoms with E-state index < -0.39 is 0 Å². The second-order valence-corrected chi connectivity index (χ2v) is 3.93. The Bertz CT molecular complexity index is 187. The molecule has 1 N–H and O–H groups in total. The van der Waals surface area contributed by atoms with Gasteiger partial charge in [-0.1, -0.05) is 19.3 Å². The SMILES string of the molecule is CC#CCC[C@@H]1CCCCC[C@H]1O. The molecule has 2 atom stereocenters. The topological polar surface area (TPSA) is 20.2 Å². The quantitative estimate of drug-likeness (QED) is 0.511. The predicted molar refractivity (Wildman–Crippen MR) is 55.3 cm³/mol. The molecule has 0 amide bonds. The van der Waals surface area contributed by atoms with E-state index in [0.29, 0.717) is 5.92 Å². The van der Waals surface area contributed by atoms with Gasteiger partial charge in [0.15, 0.2) is 0 Å². The fourth-order valence-corrected chi connectivity index (χ4v) is 2.08. The Balaban J connectivity index is 2.30. The van der Waals surface area contributed by atoms with Crippen LogP contribution in [-0.2, 0) is 0 Å². The maximum atomic E-state index is 9.80. The molecule has 0 aliphatic heterocycles. The average molecular weight is 180 g/mol. The van der Waals surface area contributed by atoms with Crippen LogP contribution >= 0.6 is 0 Å². The Kier molecular flexibility index (Phi) is 4.93. The average Bonchev–Trinajstić information content (AvgIpc) is 2.32. The van der Waals surface area contributed by atoms with Gasteiger partial charge in [0.1, 0.15) is 0 Å². The zero-order valence-electron chi connectivity index (χ0n) is 8.55. The van der Waals surface area contributed by atoms with Crippen molar-refractivity contribution in [3.63, 3.8) is 0 Å². The van der Waals surface area contributed by atoms with Gasteiger partial charge in [-0.15, -0.1) is 11.8 Å². The van der Waals surface area contributed by atoms with Gasteiger partial charge < -0.3 is 5.11 Å². The summed E-state index contributed by atoms with van der Waals surface area (Å²) in [5, 5.41) is 9.80. The number of hydrogen-bond donors (Lipinski definition) is 1. The van der Waals surface area contributed by atoms with E-state index in [1.165, 1.54) is 25.7 Å². The van der Waals surface area contributed by atoms with E-state index in [4.69, 9.17) is 0 Å². The summed E-state index contributed by atoms with van der Waals surface area (Å²) < 4.78 is 0. The van der Waals surface area contributed by atoms with E-state index in [0.717, 1.165) is 19.3 Å². The Labute approximate surface area is 81.5 Å². The van der Waals surface area contributed by atoms with Crippen LogP contribution in [0.1, 0.15) is 51.9 Å². The highest BCUT2D eigenvalue weighted by atomic mass is 16.3. The lowest BCUT2D eigenvalue weighted by atomic mass is 9.92. The highest BCUT2D eigenvalue weighted by Gasteiger charge is 2.20. The van der Waals surface area contributed by atoms with Crippen molar-refractivity contribution in [3.8, 4) is 11.8 Å². The molecule has 0 radical (unpaired) electrons. The van der Waals surface area contributed by atoms with Gasteiger partial charge in [0, 0.05) is 6.42 Å². The number of rotatable bonds is 2. The molecule has 1 saturated carbocycles. The van der Waals surface area contributed by atoms with E-state index in [9.17, 15) is 5.11 Å². The van der Waals surface area contributed by atoms with Gasteiger partial charge in [0.25, 0.3) is 0 Å². The Hall–Kier alpha value is -0.480. The number of hydrogen-bond acceptors (Lipinski definition) is 1. The van der Waals surface area contributed by atoms with E-state index >= 15 is 0 Å². The first-order valence-electron chi connectivity index (χ1n) is 5.42. The van der Waals surface area contributed by atoms with Gasteiger partial charge in [0.2, 0.25) is 0 Å². The molecule has 13 heavy (non-hydrogen) atoms. The van der Waals surface area contributed by atoms with Crippen LogP contribution in [-0.4, -0.2) is 11.2 Å². The second kappa shape index (κ2) is 6.05. The fourth-order valence-electron chi connectivity index (χ4n) is 2.08. The second-order valence-electron chi connectivity index (χ2n) is 3.93.